The molecule has 0 radical (unpaired) electrons. The summed E-state index contributed by atoms with van der Waals surface area (Å²) < 4.78 is 27.7. The molecule has 1 aromatic rings. The van der Waals surface area contributed by atoms with E-state index in [1.165, 1.54) is 11.3 Å². The molecule has 2 heterocycles. The lowest BCUT2D eigenvalue weighted by atomic mass is 9.95. The van der Waals surface area contributed by atoms with E-state index >= 15 is 0 Å². The van der Waals surface area contributed by atoms with Crippen molar-refractivity contribution in [2.75, 3.05) is 13.6 Å². The maximum absolute atomic E-state index is 12.8. The minimum atomic E-state index is -3.33. The van der Waals surface area contributed by atoms with Gasteiger partial charge in [0.2, 0.25) is 0 Å². The monoisotopic (exact) mass is 316 g/mol. The molecule has 4 nitrogen and oxygen atoms in total. The molecule has 0 bridgehead atoms. The highest BCUT2D eigenvalue weighted by atomic mass is 32.2. The van der Waals surface area contributed by atoms with E-state index < -0.39 is 10.0 Å². The van der Waals surface area contributed by atoms with E-state index in [4.69, 9.17) is 0 Å². The van der Waals surface area contributed by atoms with Crippen molar-refractivity contribution in [3.05, 3.63) is 16.5 Å². The smallest absolute Gasteiger partial charge is 0.252 e. The standard InChI is InChI=1S/C14H24N2O2S2/c1-10-5-6-16(12(3)7-10)20(17,18)14-8-11(2)13(19-14)9-15-4/h8,10,12,15H,5-7,9H2,1-4H3. The molecule has 1 aliphatic heterocycles. The van der Waals surface area contributed by atoms with Crippen molar-refractivity contribution in [1.82, 2.24) is 9.62 Å². The Morgan fingerprint density at radius 1 is 1.45 bits per heavy atom. The van der Waals surface area contributed by atoms with E-state index in [9.17, 15) is 8.42 Å². The number of thiophene rings is 1. The van der Waals surface area contributed by atoms with Crippen molar-refractivity contribution in [3.8, 4) is 0 Å². The summed E-state index contributed by atoms with van der Waals surface area (Å²) in [7, 11) is -1.45. The molecule has 1 saturated heterocycles. The molecule has 0 aliphatic carbocycles. The average Bonchev–Trinajstić information content (AvgIpc) is 2.72. The highest BCUT2D eigenvalue weighted by molar-refractivity contribution is 7.91. The van der Waals surface area contributed by atoms with Gasteiger partial charge in [0.15, 0.2) is 0 Å². The zero-order valence-electron chi connectivity index (χ0n) is 12.6. The molecule has 6 heteroatoms. The van der Waals surface area contributed by atoms with Crippen LogP contribution in [0, 0.1) is 12.8 Å². The van der Waals surface area contributed by atoms with Gasteiger partial charge in [-0.05, 0) is 51.3 Å². The molecule has 0 amide bonds. The molecule has 0 saturated carbocycles. The third-order valence-electron chi connectivity index (χ3n) is 3.98. The van der Waals surface area contributed by atoms with E-state index in [2.05, 4.69) is 12.2 Å². The minimum absolute atomic E-state index is 0.0962. The molecule has 2 atom stereocenters. The van der Waals surface area contributed by atoms with Gasteiger partial charge in [0.25, 0.3) is 10.0 Å². The first-order valence-corrected chi connectivity index (χ1v) is 9.37. The number of hydrogen-bond acceptors (Lipinski definition) is 4. The summed E-state index contributed by atoms with van der Waals surface area (Å²) in [6, 6.07) is 1.91. The molecule has 1 aliphatic rings. The van der Waals surface area contributed by atoms with Crippen molar-refractivity contribution in [1.29, 1.82) is 0 Å². The molecular formula is C14H24N2O2S2. The zero-order chi connectivity index (χ0) is 14.9. The molecule has 1 fully saturated rings. The highest BCUT2D eigenvalue weighted by Crippen LogP contribution is 2.33. The number of rotatable bonds is 4. The predicted octanol–water partition coefficient (Wildman–Crippen LogP) is 2.59. The summed E-state index contributed by atoms with van der Waals surface area (Å²) in [5.74, 6) is 0.612. The van der Waals surface area contributed by atoms with Gasteiger partial charge in [0, 0.05) is 24.0 Å². The van der Waals surface area contributed by atoms with Crippen LogP contribution in [0.3, 0.4) is 0 Å². The summed E-state index contributed by atoms with van der Waals surface area (Å²) in [4.78, 5) is 1.10. The van der Waals surface area contributed by atoms with Crippen molar-refractivity contribution >= 4 is 21.4 Å². The maximum atomic E-state index is 12.8. The first-order chi connectivity index (χ1) is 9.36. The van der Waals surface area contributed by atoms with Crippen molar-refractivity contribution in [2.24, 2.45) is 5.92 Å². The lowest BCUT2D eigenvalue weighted by molar-refractivity contribution is 0.220. The fourth-order valence-corrected chi connectivity index (χ4v) is 6.20. The topological polar surface area (TPSA) is 49.4 Å². The Hall–Kier alpha value is -0.430. The molecule has 0 aromatic carbocycles. The summed E-state index contributed by atoms with van der Waals surface area (Å²) in [5.41, 5.74) is 1.06. The minimum Gasteiger partial charge on any atom is -0.315 e. The zero-order valence-corrected chi connectivity index (χ0v) is 14.3. The molecule has 1 aromatic heterocycles. The molecule has 2 unspecified atom stereocenters. The first-order valence-electron chi connectivity index (χ1n) is 7.12. The third kappa shape index (κ3) is 3.08. The van der Waals surface area contributed by atoms with E-state index in [1.807, 2.05) is 27.0 Å². The quantitative estimate of drug-likeness (QED) is 0.929. The summed E-state index contributed by atoms with van der Waals surface area (Å²) in [5, 5.41) is 3.09. The van der Waals surface area contributed by atoms with Crippen LogP contribution in [-0.4, -0.2) is 32.4 Å². The SMILES string of the molecule is CNCc1sc(S(=O)(=O)N2CCC(C)CC2C)cc1C. The maximum Gasteiger partial charge on any atom is 0.252 e. The van der Waals surface area contributed by atoms with Crippen molar-refractivity contribution in [2.45, 2.75) is 50.4 Å². The van der Waals surface area contributed by atoms with Gasteiger partial charge >= 0.3 is 0 Å². The molecule has 1 N–H and O–H groups in total. The van der Waals surface area contributed by atoms with Crippen LogP contribution < -0.4 is 5.32 Å². The molecule has 2 rings (SSSR count). The second kappa shape index (κ2) is 6.13. The Labute approximate surface area is 126 Å². The van der Waals surface area contributed by atoms with Crippen molar-refractivity contribution < 1.29 is 8.42 Å². The van der Waals surface area contributed by atoms with E-state index in [0.717, 1.165) is 29.8 Å². The second-order valence-electron chi connectivity index (χ2n) is 5.80. The molecule has 114 valence electrons. The van der Waals surface area contributed by atoms with Crippen LogP contribution in [0.2, 0.25) is 0 Å². The van der Waals surface area contributed by atoms with Gasteiger partial charge in [0.05, 0.1) is 0 Å². The number of nitrogens with one attached hydrogen (secondary N) is 1. The number of sulfonamides is 1. The Kier molecular flexibility index (Phi) is 4.89. The number of aryl methyl sites for hydroxylation is 1. The Balaban J connectivity index is 2.28. The molecule has 0 spiro atoms. The van der Waals surface area contributed by atoms with Crippen LogP contribution in [0.15, 0.2) is 10.3 Å². The van der Waals surface area contributed by atoms with E-state index in [1.54, 1.807) is 4.31 Å². The van der Waals surface area contributed by atoms with Crippen molar-refractivity contribution in [3.63, 3.8) is 0 Å². The van der Waals surface area contributed by atoms with Crippen LogP contribution >= 0.6 is 11.3 Å². The van der Waals surface area contributed by atoms with Gasteiger partial charge in [-0.2, -0.15) is 4.31 Å². The van der Waals surface area contributed by atoms with Gasteiger partial charge in [-0.15, -0.1) is 11.3 Å². The first kappa shape index (κ1) is 15.9. The number of piperidine rings is 1. The Morgan fingerprint density at radius 3 is 2.75 bits per heavy atom. The van der Waals surface area contributed by atoms with E-state index in [-0.39, 0.29) is 6.04 Å². The van der Waals surface area contributed by atoms with Crippen LogP contribution in [0.5, 0.6) is 0 Å². The third-order valence-corrected chi connectivity index (χ3v) is 7.68. The lowest BCUT2D eigenvalue weighted by Gasteiger charge is -2.35. The summed E-state index contributed by atoms with van der Waals surface area (Å²) >= 11 is 1.40. The normalized spacial score (nSPS) is 25.0. The summed E-state index contributed by atoms with van der Waals surface area (Å²) in [6.45, 7) is 7.55. The molecular weight excluding hydrogens is 292 g/mol. The van der Waals surface area contributed by atoms with Gasteiger partial charge in [0.1, 0.15) is 4.21 Å². The van der Waals surface area contributed by atoms with Crippen LogP contribution in [0.25, 0.3) is 0 Å². The Morgan fingerprint density at radius 2 is 2.15 bits per heavy atom. The fourth-order valence-electron chi connectivity index (χ4n) is 2.81. The largest absolute Gasteiger partial charge is 0.315 e. The Bertz CT molecular complexity index is 566. The fraction of sp³-hybridized carbons (Fsp3) is 0.714. The number of hydrogen-bond donors (Lipinski definition) is 1. The van der Waals surface area contributed by atoms with Crippen LogP contribution in [0.1, 0.15) is 37.1 Å². The molecule has 20 heavy (non-hydrogen) atoms. The van der Waals surface area contributed by atoms with Gasteiger partial charge in [-0.25, -0.2) is 8.42 Å². The van der Waals surface area contributed by atoms with Gasteiger partial charge < -0.3 is 5.32 Å². The van der Waals surface area contributed by atoms with Gasteiger partial charge in [-0.1, -0.05) is 6.92 Å². The van der Waals surface area contributed by atoms with Crippen LogP contribution in [-0.2, 0) is 16.6 Å². The van der Waals surface area contributed by atoms with E-state index in [0.29, 0.717) is 16.7 Å². The van der Waals surface area contributed by atoms with Gasteiger partial charge in [-0.3, -0.25) is 0 Å². The highest BCUT2D eigenvalue weighted by Gasteiger charge is 2.34. The lowest BCUT2D eigenvalue weighted by Crippen LogP contribution is -2.43. The predicted molar refractivity (Wildman–Crippen MR) is 83.6 cm³/mol. The second-order valence-corrected chi connectivity index (χ2v) is 9.05. The average molecular weight is 316 g/mol. The summed E-state index contributed by atoms with van der Waals surface area (Å²) in [6.07, 6.45) is 1.91. The number of nitrogens with zero attached hydrogens (tertiary/aromatic N) is 1. The van der Waals surface area contributed by atoms with Crippen LogP contribution in [0.4, 0.5) is 0 Å².